The number of nitrogens with zero attached hydrogens (tertiary/aromatic N) is 1. The van der Waals surface area contributed by atoms with Gasteiger partial charge in [-0.2, -0.15) is 4.31 Å². The van der Waals surface area contributed by atoms with Gasteiger partial charge in [-0.15, -0.1) is 0 Å². The molecule has 0 saturated carbocycles. The van der Waals surface area contributed by atoms with Gasteiger partial charge in [0.05, 0.1) is 4.90 Å². The molecule has 2 rings (SSSR count). The summed E-state index contributed by atoms with van der Waals surface area (Å²) in [6, 6.07) is 5.36. The molecule has 1 aliphatic rings. The number of nitrogens with two attached hydrogens (primary N) is 1. The normalized spacial score (nSPS) is 21.9. The van der Waals surface area contributed by atoms with Crippen LogP contribution < -0.4 is 5.73 Å². The molecule has 1 atom stereocenters. The van der Waals surface area contributed by atoms with E-state index in [-0.39, 0.29) is 6.04 Å². The minimum absolute atomic E-state index is 0.0318. The van der Waals surface area contributed by atoms with Gasteiger partial charge in [0.2, 0.25) is 10.0 Å². The first-order chi connectivity index (χ1) is 7.89. The molecular formula is C12H18N2O2S. The number of benzene rings is 1. The summed E-state index contributed by atoms with van der Waals surface area (Å²) < 4.78 is 26.2. The molecule has 0 aliphatic carbocycles. The highest BCUT2D eigenvalue weighted by Crippen LogP contribution is 2.22. The van der Waals surface area contributed by atoms with Crippen molar-refractivity contribution in [2.45, 2.75) is 31.2 Å². The van der Waals surface area contributed by atoms with E-state index in [1.165, 1.54) is 4.31 Å². The fourth-order valence-electron chi connectivity index (χ4n) is 2.20. The molecule has 0 spiro atoms. The molecule has 2 N–H and O–H groups in total. The van der Waals surface area contributed by atoms with Gasteiger partial charge >= 0.3 is 0 Å². The molecule has 17 heavy (non-hydrogen) atoms. The second-order valence-corrected chi connectivity index (χ2v) is 6.67. The Labute approximate surface area is 102 Å². The predicted octanol–water partition coefficient (Wildman–Crippen LogP) is 1.03. The van der Waals surface area contributed by atoms with E-state index >= 15 is 0 Å². The van der Waals surface area contributed by atoms with Crippen molar-refractivity contribution >= 4 is 10.0 Å². The van der Waals surface area contributed by atoms with Crippen LogP contribution in [0.2, 0.25) is 0 Å². The summed E-state index contributed by atoms with van der Waals surface area (Å²) in [5.74, 6) is 0. The number of aryl methyl sites for hydroxylation is 2. The summed E-state index contributed by atoms with van der Waals surface area (Å²) in [7, 11) is -3.36. The van der Waals surface area contributed by atoms with Gasteiger partial charge in [0.1, 0.15) is 0 Å². The molecule has 0 bridgehead atoms. The molecule has 1 heterocycles. The average Bonchev–Trinajstić information content (AvgIpc) is 2.64. The summed E-state index contributed by atoms with van der Waals surface area (Å²) in [5, 5.41) is 0. The molecule has 0 unspecified atom stereocenters. The van der Waals surface area contributed by atoms with Crippen molar-refractivity contribution < 1.29 is 8.42 Å². The third kappa shape index (κ3) is 2.51. The molecule has 1 aliphatic heterocycles. The van der Waals surface area contributed by atoms with Crippen molar-refractivity contribution in [2.75, 3.05) is 13.1 Å². The Bertz CT molecular complexity index is 505. The van der Waals surface area contributed by atoms with Crippen LogP contribution in [-0.2, 0) is 10.0 Å². The smallest absolute Gasteiger partial charge is 0.243 e. The first-order valence-corrected chi connectivity index (χ1v) is 7.17. The maximum absolute atomic E-state index is 12.4. The highest BCUT2D eigenvalue weighted by atomic mass is 32.2. The predicted molar refractivity (Wildman–Crippen MR) is 67.3 cm³/mol. The van der Waals surface area contributed by atoms with Crippen LogP contribution in [0.4, 0.5) is 0 Å². The zero-order chi connectivity index (χ0) is 12.6. The van der Waals surface area contributed by atoms with Gasteiger partial charge in [-0.05, 0) is 43.5 Å². The van der Waals surface area contributed by atoms with Crippen molar-refractivity contribution in [1.29, 1.82) is 0 Å². The SMILES string of the molecule is Cc1cc(C)cc(S(=O)(=O)N2CC[C@@H](N)C2)c1. The van der Waals surface area contributed by atoms with E-state index in [9.17, 15) is 8.42 Å². The van der Waals surface area contributed by atoms with Crippen molar-refractivity contribution in [3.63, 3.8) is 0 Å². The lowest BCUT2D eigenvalue weighted by atomic mass is 10.2. The third-order valence-corrected chi connectivity index (χ3v) is 4.86. The summed E-state index contributed by atoms with van der Waals surface area (Å²) in [4.78, 5) is 0.379. The Morgan fingerprint density at radius 3 is 2.29 bits per heavy atom. The second kappa shape index (κ2) is 4.40. The number of rotatable bonds is 2. The molecule has 0 aromatic heterocycles. The van der Waals surface area contributed by atoms with Crippen LogP contribution in [0.5, 0.6) is 0 Å². The molecule has 0 amide bonds. The van der Waals surface area contributed by atoms with Crippen molar-refractivity contribution in [1.82, 2.24) is 4.31 Å². The minimum Gasteiger partial charge on any atom is -0.326 e. The van der Waals surface area contributed by atoms with Gasteiger partial charge in [-0.25, -0.2) is 8.42 Å². The quantitative estimate of drug-likeness (QED) is 0.857. The van der Waals surface area contributed by atoms with Crippen molar-refractivity contribution in [3.8, 4) is 0 Å². The molecule has 0 radical (unpaired) electrons. The lowest BCUT2D eigenvalue weighted by Crippen LogP contribution is -2.32. The highest BCUT2D eigenvalue weighted by Gasteiger charge is 2.30. The summed E-state index contributed by atoms with van der Waals surface area (Å²) in [6.07, 6.45) is 0.740. The van der Waals surface area contributed by atoms with Gasteiger partial charge in [0, 0.05) is 19.1 Å². The van der Waals surface area contributed by atoms with E-state index in [2.05, 4.69) is 0 Å². The van der Waals surface area contributed by atoms with E-state index in [0.29, 0.717) is 18.0 Å². The molecule has 4 nitrogen and oxygen atoms in total. The molecular weight excluding hydrogens is 236 g/mol. The highest BCUT2D eigenvalue weighted by molar-refractivity contribution is 7.89. The molecule has 94 valence electrons. The standard InChI is InChI=1S/C12H18N2O2S/c1-9-5-10(2)7-12(6-9)17(15,16)14-4-3-11(13)8-14/h5-7,11H,3-4,8,13H2,1-2H3/t11-/m1/s1. The van der Waals surface area contributed by atoms with Crippen LogP contribution in [0.1, 0.15) is 17.5 Å². The number of hydrogen-bond acceptors (Lipinski definition) is 3. The topological polar surface area (TPSA) is 63.4 Å². The Balaban J connectivity index is 2.38. The maximum Gasteiger partial charge on any atom is 0.243 e. The van der Waals surface area contributed by atoms with Gasteiger partial charge < -0.3 is 5.73 Å². The molecule has 1 saturated heterocycles. The van der Waals surface area contributed by atoms with E-state index in [1.807, 2.05) is 19.9 Å². The fraction of sp³-hybridized carbons (Fsp3) is 0.500. The summed E-state index contributed by atoms with van der Waals surface area (Å²) in [5.41, 5.74) is 7.68. The van der Waals surface area contributed by atoms with Crippen LogP contribution >= 0.6 is 0 Å². The maximum atomic E-state index is 12.4. The van der Waals surface area contributed by atoms with E-state index in [0.717, 1.165) is 17.5 Å². The average molecular weight is 254 g/mol. The second-order valence-electron chi connectivity index (χ2n) is 4.74. The zero-order valence-electron chi connectivity index (χ0n) is 10.2. The third-order valence-electron chi connectivity index (χ3n) is 3.02. The number of sulfonamides is 1. The van der Waals surface area contributed by atoms with Crippen LogP contribution in [0.3, 0.4) is 0 Å². The van der Waals surface area contributed by atoms with Gasteiger partial charge in [0.15, 0.2) is 0 Å². The van der Waals surface area contributed by atoms with E-state index < -0.39 is 10.0 Å². The van der Waals surface area contributed by atoms with Crippen LogP contribution in [0.15, 0.2) is 23.1 Å². The summed E-state index contributed by atoms with van der Waals surface area (Å²) in [6.45, 7) is 4.76. The Hall–Kier alpha value is -0.910. The molecule has 1 aromatic rings. The molecule has 1 aromatic carbocycles. The monoisotopic (exact) mass is 254 g/mol. The summed E-state index contributed by atoms with van der Waals surface area (Å²) >= 11 is 0. The van der Waals surface area contributed by atoms with Gasteiger partial charge in [-0.1, -0.05) is 6.07 Å². The largest absolute Gasteiger partial charge is 0.326 e. The minimum atomic E-state index is -3.36. The number of hydrogen-bond donors (Lipinski definition) is 1. The van der Waals surface area contributed by atoms with Crippen LogP contribution in [0.25, 0.3) is 0 Å². The van der Waals surface area contributed by atoms with E-state index in [4.69, 9.17) is 5.73 Å². The van der Waals surface area contributed by atoms with Crippen molar-refractivity contribution in [3.05, 3.63) is 29.3 Å². The van der Waals surface area contributed by atoms with Crippen LogP contribution in [0, 0.1) is 13.8 Å². The Kier molecular flexibility index (Phi) is 3.25. The Morgan fingerprint density at radius 1 is 1.24 bits per heavy atom. The lowest BCUT2D eigenvalue weighted by molar-refractivity contribution is 0.472. The first kappa shape index (κ1) is 12.5. The van der Waals surface area contributed by atoms with Gasteiger partial charge in [-0.3, -0.25) is 0 Å². The lowest BCUT2D eigenvalue weighted by Gasteiger charge is -2.16. The van der Waals surface area contributed by atoms with Crippen LogP contribution in [-0.4, -0.2) is 31.9 Å². The van der Waals surface area contributed by atoms with E-state index in [1.54, 1.807) is 12.1 Å². The molecule has 1 fully saturated rings. The first-order valence-electron chi connectivity index (χ1n) is 5.73. The van der Waals surface area contributed by atoms with Crippen molar-refractivity contribution in [2.24, 2.45) is 5.73 Å². The molecule has 5 heteroatoms. The fourth-order valence-corrected chi connectivity index (χ4v) is 3.90. The van der Waals surface area contributed by atoms with Gasteiger partial charge in [0.25, 0.3) is 0 Å². The zero-order valence-corrected chi connectivity index (χ0v) is 11.0. The Morgan fingerprint density at radius 2 is 1.82 bits per heavy atom.